The minimum absolute atomic E-state index is 0.271. The van der Waals surface area contributed by atoms with Gasteiger partial charge in [0.05, 0.1) is 0 Å². The first-order valence-corrected chi connectivity index (χ1v) is 8.06. The van der Waals surface area contributed by atoms with E-state index in [4.69, 9.17) is 0 Å². The molecule has 1 amide bonds. The molecule has 22 heavy (non-hydrogen) atoms. The Balaban J connectivity index is 1.41. The number of hydrogen-bond donors (Lipinski definition) is 1. The number of hydrogen-bond acceptors (Lipinski definition) is 6. The zero-order chi connectivity index (χ0) is 15.2. The smallest absolute Gasteiger partial charge is 0.225 e. The van der Waals surface area contributed by atoms with Gasteiger partial charge in [-0.15, -0.1) is 0 Å². The summed E-state index contributed by atoms with van der Waals surface area (Å²) in [5.41, 5.74) is 0. The molecule has 2 fully saturated rings. The average molecular weight is 304 g/mol. The fourth-order valence-electron chi connectivity index (χ4n) is 2.96. The molecule has 3 heterocycles. The van der Waals surface area contributed by atoms with Gasteiger partial charge in [0.25, 0.3) is 0 Å². The van der Waals surface area contributed by atoms with Crippen molar-refractivity contribution in [2.45, 2.75) is 6.42 Å². The lowest BCUT2D eigenvalue weighted by atomic mass is 10.2. The molecule has 3 rings (SSSR count). The van der Waals surface area contributed by atoms with Gasteiger partial charge in [0.2, 0.25) is 11.9 Å². The van der Waals surface area contributed by atoms with Crippen LogP contribution in [0.15, 0.2) is 18.5 Å². The van der Waals surface area contributed by atoms with E-state index < -0.39 is 0 Å². The molecule has 7 nitrogen and oxygen atoms in total. The predicted octanol–water partition coefficient (Wildman–Crippen LogP) is -0.579. The molecule has 2 aliphatic rings. The fraction of sp³-hybridized carbons (Fsp3) is 0.667. The molecule has 0 unspecified atom stereocenters. The molecule has 1 aromatic heterocycles. The molecule has 0 radical (unpaired) electrons. The van der Waals surface area contributed by atoms with Crippen molar-refractivity contribution in [1.29, 1.82) is 0 Å². The van der Waals surface area contributed by atoms with Gasteiger partial charge in [0.1, 0.15) is 0 Å². The average Bonchev–Trinajstić information content (AvgIpc) is 2.61. The van der Waals surface area contributed by atoms with E-state index in [2.05, 4.69) is 25.1 Å². The van der Waals surface area contributed by atoms with Gasteiger partial charge in [-0.05, 0) is 6.07 Å². The Morgan fingerprint density at radius 2 is 1.73 bits per heavy atom. The first-order valence-electron chi connectivity index (χ1n) is 8.06. The van der Waals surface area contributed by atoms with Crippen LogP contribution in [0.25, 0.3) is 0 Å². The summed E-state index contributed by atoms with van der Waals surface area (Å²) in [6.07, 6.45) is 4.14. The highest BCUT2D eigenvalue weighted by atomic mass is 16.2. The highest BCUT2D eigenvalue weighted by molar-refractivity contribution is 5.76. The van der Waals surface area contributed by atoms with Crippen LogP contribution in [0.4, 0.5) is 5.95 Å². The van der Waals surface area contributed by atoms with Crippen molar-refractivity contribution in [3.05, 3.63) is 18.5 Å². The molecule has 0 aromatic carbocycles. The van der Waals surface area contributed by atoms with Crippen molar-refractivity contribution in [2.24, 2.45) is 0 Å². The van der Waals surface area contributed by atoms with Gasteiger partial charge in [-0.2, -0.15) is 0 Å². The van der Waals surface area contributed by atoms with Crippen molar-refractivity contribution in [3.63, 3.8) is 0 Å². The highest BCUT2D eigenvalue weighted by Gasteiger charge is 2.22. The van der Waals surface area contributed by atoms with E-state index >= 15 is 0 Å². The van der Waals surface area contributed by atoms with E-state index in [1.807, 2.05) is 11.0 Å². The Kier molecular flexibility index (Phi) is 5.18. The Hall–Kier alpha value is -1.73. The molecule has 120 valence electrons. The molecular formula is C15H24N6O. The van der Waals surface area contributed by atoms with Crippen LogP contribution in [0.3, 0.4) is 0 Å². The van der Waals surface area contributed by atoms with Crippen LogP contribution in [0.1, 0.15) is 6.42 Å². The molecule has 2 aliphatic heterocycles. The lowest BCUT2D eigenvalue weighted by Gasteiger charge is -2.35. The summed E-state index contributed by atoms with van der Waals surface area (Å²) in [5.74, 6) is 1.03. The normalized spacial score (nSPS) is 20.2. The molecule has 0 saturated carbocycles. The minimum atomic E-state index is 0.271. The van der Waals surface area contributed by atoms with Crippen LogP contribution in [0.5, 0.6) is 0 Å². The van der Waals surface area contributed by atoms with Crippen LogP contribution in [0.2, 0.25) is 0 Å². The standard InChI is InChI=1S/C15H24N6O/c22-14(2-7-19-8-5-16-6-9-19)20-10-12-21(13-11-20)15-17-3-1-4-18-15/h1,3-4,16H,2,5-13H2. The summed E-state index contributed by atoms with van der Waals surface area (Å²) in [5, 5.41) is 3.33. The van der Waals surface area contributed by atoms with Crippen molar-refractivity contribution in [3.8, 4) is 0 Å². The van der Waals surface area contributed by atoms with Gasteiger partial charge in [-0.3, -0.25) is 4.79 Å². The number of anilines is 1. The summed E-state index contributed by atoms with van der Waals surface area (Å²) in [4.78, 5) is 27.3. The molecule has 7 heteroatoms. The highest BCUT2D eigenvalue weighted by Crippen LogP contribution is 2.10. The molecule has 1 N–H and O–H groups in total. The van der Waals surface area contributed by atoms with Gasteiger partial charge in [-0.25, -0.2) is 9.97 Å². The maximum atomic E-state index is 12.3. The van der Waals surface area contributed by atoms with E-state index in [1.165, 1.54) is 0 Å². The first kappa shape index (κ1) is 15.2. The summed E-state index contributed by atoms with van der Waals surface area (Å²) >= 11 is 0. The predicted molar refractivity (Wildman–Crippen MR) is 84.8 cm³/mol. The summed E-state index contributed by atoms with van der Waals surface area (Å²) in [6, 6.07) is 1.82. The third-order valence-corrected chi connectivity index (χ3v) is 4.32. The largest absolute Gasteiger partial charge is 0.339 e. The van der Waals surface area contributed by atoms with Crippen LogP contribution in [-0.4, -0.2) is 84.6 Å². The second kappa shape index (κ2) is 7.51. The zero-order valence-electron chi connectivity index (χ0n) is 12.9. The van der Waals surface area contributed by atoms with E-state index in [-0.39, 0.29) is 5.91 Å². The maximum Gasteiger partial charge on any atom is 0.225 e. The lowest BCUT2D eigenvalue weighted by Crippen LogP contribution is -2.50. The van der Waals surface area contributed by atoms with Crippen molar-refractivity contribution in [2.75, 3.05) is 63.8 Å². The van der Waals surface area contributed by atoms with Crippen LogP contribution < -0.4 is 10.2 Å². The topological polar surface area (TPSA) is 64.6 Å². The first-order chi connectivity index (χ1) is 10.8. The van der Waals surface area contributed by atoms with Crippen LogP contribution in [0, 0.1) is 0 Å². The summed E-state index contributed by atoms with van der Waals surface area (Å²) in [6.45, 7) is 8.18. The third-order valence-electron chi connectivity index (χ3n) is 4.32. The van der Waals surface area contributed by atoms with Gasteiger partial charge in [0.15, 0.2) is 0 Å². The van der Waals surface area contributed by atoms with E-state index in [1.54, 1.807) is 12.4 Å². The quantitative estimate of drug-likeness (QED) is 0.803. The Bertz CT molecular complexity index is 468. The molecule has 0 aliphatic carbocycles. The van der Waals surface area contributed by atoms with Gasteiger partial charge < -0.3 is 20.0 Å². The number of nitrogens with one attached hydrogen (secondary N) is 1. The molecule has 2 saturated heterocycles. The van der Waals surface area contributed by atoms with Crippen molar-refractivity contribution < 1.29 is 4.79 Å². The number of aromatic nitrogens is 2. The number of piperazine rings is 2. The van der Waals surface area contributed by atoms with E-state index in [9.17, 15) is 4.79 Å². The number of carbonyl (C=O) groups is 1. The Labute approximate surface area is 131 Å². The maximum absolute atomic E-state index is 12.3. The van der Waals surface area contributed by atoms with E-state index in [0.717, 1.165) is 64.9 Å². The molecular weight excluding hydrogens is 280 g/mol. The van der Waals surface area contributed by atoms with E-state index in [0.29, 0.717) is 6.42 Å². The number of rotatable bonds is 4. The molecule has 0 atom stereocenters. The zero-order valence-corrected chi connectivity index (χ0v) is 12.9. The van der Waals surface area contributed by atoms with Crippen molar-refractivity contribution >= 4 is 11.9 Å². The SMILES string of the molecule is O=C(CCN1CCNCC1)N1CCN(c2ncccn2)CC1. The number of amides is 1. The Morgan fingerprint density at radius 1 is 1.05 bits per heavy atom. The number of nitrogens with zero attached hydrogens (tertiary/aromatic N) is 5. The minimum Gasteiger partial charge on any atom is -0.339 e. The summed E-state index contributed by atoms with van der Waals surface area (Å²) in [7, 11) is 0. The molecule has 0 spiro atoms. The Morgan fingerprint density at radius 3 is 2.41 bits per heavy atom. The van der Waals surface area contributed by atoms with Crippen LogP contribution in [-0.2, 0) is 4.79 Å². The second-order valence-electron chi connectivity index (χ2n) is 5.76. The monoisotopic (exact) mass is 304 g/mol. The molecule has 0 bridgehead atoms. The summed E-state index contributed by atoms with van der Waals surface area (Å²) < 4.78 is 0. The fourth-order valence-corrected chi connectivity index (χ4v) is 2.96. The van der Waals surface area contributed by atoms with Crippen LogP contribution >= 0.6 is 0 Å². The van der Waals surface area contributed by atoms with Gasteiger partial charge >= 0.3 is 0 Å². The lowest BCUT2D eigenvalue weighted by molar-refractivity contribution is -0.131. The second-order valence-corrected chi connectivity index (χ2v) is 5.76. The van der Waals surface area contributed by atoms with Gasteiger partial charge in [-0.1, -0.05) is 0 Å². The number of carbonyl (C=O) groups excluding carboxylic acids is 1. The third kappa shape index (κ3) is 3.92. The van der Waals surface area contributed by atoms with Gasteiger partial charge in [0, 0.05) is 77.7 Å². The van der Waals surface area contributed by atoms with Crippen molar-refractivity contribution in [1.82, 2.24) is 25.1 Å². The molecule has 1 aromatic rings.